The molecule has 1 aliphatic carbocycles. The molecule has 0 fully saturated rings. The minimum atomic E-state index is -0.563. The fourth-order valence-corrected chi connectivity index (χ4v) is 2.13. The quantitative estimate of drug-likeness (QED) is 0.620. The van der Waals surface area contributed by atoms with E-state index in [1.54, 1.807) is 0 Å². The third-order valence-electron chi connectivity index (χ3n) is 2.84. The summed E-state index contributed by atoms with van der Waals surface area (Å²) in [4.78, 5) is 21.7. The van der Waals surface area contributed by atoms with Crippen LogP contribution in [0, 0.1) is 0 Å². The average Bonchev–Trinajstić information content (AvgIpc) is 2.68. The fraction of sp³-hybridized carbons (Fsp3) is 0.385. The van der Waals surface area contributed by atoms with Gasteiger partial charge in [0.05, 0.1) is 6.54 Å². The summed E-state index contributed by atoms with van der Waals surface area (Å²) in [7, 11) is 0. The Kier molecular flexibility index (Phi) is 3.54. The zero-order valence-corrected chi connectivity index (χ0v) is 9.73. The number of hydrogen-bond acceptors (Lipinski definition) is 4. The van der Waals surface area contributed by atoms with Gasteiger partial charge in [-0.1, -0.05) is 24.3 Å². The minimum absolute atomic E-state index is 0.0816. The van der Waals surface area contributed by atoms with E-state index >= 15 is 0 Å². The van der Waals surface area contributed by atoms with Gasteiger partial charge in [-0.25, -0.2) is 0 Å². The maximum atomic E-state index is 11.2. The van der Waals surface area contributed by atoms with Crippen LogP contribution in [0.4, 0.5) is 0 Å². The zero-order chi connectivity index (χ0) is 12.3. The van der Waals surface area contributed by atoms with Crippen LogP contribution in [0.1, 0.15) is 18.1 Å². The number of hydrogen-bond donors (Lipinski definition) is 1. The number of carbonyl (C=O) groups excluding carboxylic acids is 2. The van der Waals surface area contributed by atoms with Gasteiger partial charge in [0.2, 0.25) is 0 Å². The third-order valence-corrected chi connectivity index (χ3v) is 2.84. The van der Waals surface area contributed by atoms with Gasteiger partial charge >= 0.3 is 11.9 Å². The normalized spacial score (nSPS) is 14.4. The van der Waals surface area contributed by atoms with E-state index < -0.39 is 11.9 Å². The van der Waals surface area contributed by atoms with Crippen molar-refractivity contribution >= 4 is 11.9 Å². The van der Waals surface area contributed by atoms with E-state index in [4.69, 9.17) is 0 Å². The summed E-state index contributed by atoms with van der Waals surface area (Å²) < 4.78 is 4.45. The molecular weight excluding hydrogens is 218 g/mol. The summed E-state index contributed by atoms with van der Waals surface area (Å²) >= 11 is 0. The molecule has 0 saturated heterocycles. The molecule has 1 aromatic carbocycles. The second-order valence-corrected chi connectivity index (χ2v) is 4.22. The monoisotopic (exact) mass is 233 g/mol. The number of carbonyl (C=O) groups is 2. The van der Waals surface area contributed by atoms with Gasteiger partial charge in [0.25, 0.3) is 0 Å². The second kappa shape index (κ2) is 5.10. The first-order valence-corrected chi connectivity index (χ1v) is 5.66. The third kappa shape index (κ3) is 3.14. The molecule has 2 rings (SSSR count). The largest absolute Gasteiger partial charge is 0.392 e. The molecule has 4 nitrogen and oxygen atoms in total. The number of fused-ring (bicyclic) bond motifs is 1. The highest BCUT2D eigenvalue weighted by Gasteiger charge is 2.21. The molecule has 0 atom stereocenters. The van der Waals surface area contributed by atoms with Crippen molar-refractivity contribution in [3.8, 4) is 0 Å². The number of ether oxygens (including phenoxy) is 1. The van der Waals surface area contributed by atoms with Crippen molar-refractivity contribution in [1.29, 1.82) is 0 Å². The first-order valence-electron chi connectivity index (χ1n) is 5.66. The zero-order valence-electron chi connectivity index (χ0n) is 9.73. The molecule has 0 aromatic heterocycles. The average molecular weight is 233 g/mol. The van der Waals surface area contributed by atoms with E-state index in [9.17, 15) is 9.59 Å². The molecule has 0 spiro atoms. The molecule has 17 heavy (non-hydrogen) atoms. The Balaban J connectivity index is 1.80. The van der Waals surface area contributed by atoms with E-state index in [1.807, 2.05) is 12.1 Å². The summed E-state index contributed by atoms with van der Waals surface area (Å²) in [5.41, 5.74) is 2.65. The van der Waals surface area contributed by atoms with Gasteiger partial charge in [0.15, 0.2) is 0 Å². The van der Waals surface area contributed by atoms with Crippen LogP contribution < -0.4 is 5.32 Å². The van der Waals surface area contributed by atoms with E-state index in [-0.39, 0.29) is 12.6 Å². The summed E-state index contributed by atoms with van der Waals surface area (Å²) in [6.07, 6.45) is 1.84. The van der Waals surface area contributed by atoms with Gasteiger partial charge in [-0.2, -0.15) is 0 Å². The number of esters is 2. The minimum Gasteiger partial charge on any atom is -0.392 e. The summed E-state index contributed by atoms with van der Waals surface area (Å²) in [5, 5.41) is 3.11. The SMILES string of the molecule is CC(=O)OC(=O)CNC1Cc2ccccc2C1. The molecule has 0 aliphatic heterocycles. The molecule has 1 aliphatic rings. The van der Waals surface area contributed by atoms with Crippen LogP contribution in [0.15, 0.2) is 24.3 Å². The molecule has 0 unspecified atom stereocenters. The maximum Gasteiger partial charge on any atom is 0.327 e. The Morgan fingerprint density at radius 1 is 1.29 bits per heavy atom. The van der Waals surface area contributed by atoms with Crippen molar-refractivity contribution < 1.29 is 14.3 Å². The standard InChI is InChI=1S/C13H15NO3/c1-9(15)17-13(16)8-14-12-6-10-4-2-3-5-11(10)7-12/h2-5,12,14H,6-8H2,1H3. The topological polar surface area (TPSA) is 55.4 Å². The number of rotatable bonds is 3. The van der Waals surface area contributed by atoms with Crippen LogP contribution in [-0.4, -0.2) is 24.5 Å². The summed E-state index contributed by atoms with van der Waals surface area (Å²) in [6, 6.07) is 8.50. The van der Waals surface area contributed by atoms with E-state index in [0.717, 1.165) is 12.8 Å². The smallest absolute Gasteiger partial charge is 0.327 e. The predicted octanol–water partition coefficient (Wildman–Crippen LogP) is 0.833. The van der Waals surface area contributed by atoms with Crippen molar-refractivity contribution in [1.82, 2.24) is 5.32 Å². The molecule has 0 bridgehead atoms. The van der Waals surface area contributed by atoms with Crippen LogP contribution in [0.3, 0.4) is 0 Å². The maximum absolute atomic E-state index is 11.2. The summed E-state index contributed by atoms with van der Waals surface area (Å²) in [6.45, 7) is 1.31. The van der Waals surface area contributed by atoms with Gasteiger partial charge < -0.3 is 10.1 Å². The molecule has 0 radical (unpaired) electrons. The van der Waals surface area contributed by atoms with E-state index in [1.165, 1.54) is 18.1 Å². The molecule has 1 N–H and O–H groups in total. The van der Waals surface area contributed by atoms with Gasteiger partial charge in [0, 0.05) is 13.0 Å². The Morgan fingerprint density at radius 3 is 2.41 bits per heavy atom. The van der Waals surface area contributed by atoms with Crippen LogP contribution >= 0.6 is 0 Å². The van der Waals surface area contributed by atoms with Crippen LogP contribution in [-0.2, 0) is 27.2 Å². The molecule has 1 aromatic rings. The lowest BCUT2D eigenvalue weighted by molar-refractivity contribution is -0.157. The molecule has 0 amide bonds. The molecule has 90 valence electrons. The van der Waals surface area contributed by atoms with Crippen LogP contribution in [0.5, 0.6) is 0 Å². The lowest BCUT2D eigenvalue weighted by atomic mass is 10.1. The van der Waals surface area contributed by atoms with Crippen molar-refractivity contribution in [2.75, 3.05) is 6.54 Å². The van der Waals surface area contributed by atoms with Crippen molar-refractivity contribution in [3.05, 3.63) is 35.4 Å². The van der Waals surface area contributed by atoms with E-state index in [0.29, 0.717) is 0 Å². The van der Waals surface area contributed by atoms with Crippen LogP contribution in [0.2, 0.25) is 0 Å². The summed E-state index contributed by atoms with van der Waals surface area (Å²) in [5.74, 6) is -1.08. The first-order chi connectivity index (χ1) is 8.15. The van der Waals surface area contributed by atoms with Crippen molar-refractivity contribution in [2.45, 2.75) is 25.8 Å². The lowest BCUT2D eigenvalue weighted by Gasteiger charge is -2.10. The Bertz CT molecular complexity index is 417. The fourth-order valence-electron chi connectivity index (χ4n) is 2.13. The van der Waals surface area contributed by atoms with Crippen molar-refractivity contribution in [2.24, 2.45) is 0 Å². The highest BCUT2D eigenvalue weighted by atomic mass is 16.6. The van der Waals surface area contributed by atoms with Crippen molar-refractivity contribution in [3.63, 3.8) is 0 Å². The first kappa shape index (κ1) is 11.8. The molecular formula is C13H15NO3. The van der Waals surface area contributed by atoms with E-state index in [2.05, 4.69) is 22.2 Å². The number of nitrogens with one attached hydrogen (secondary N) is 1. The Hall–Kier alpha value is -1.68. The van der Waals surface area contributed by atoms with Crippen LogP contribution in [0.25, 0.3) is 0 Å². The number of benzene rings is 1. The highest BCUT2D eigenvalue weighted by Crippen LogP contribution is 2.21. The van der Waals surface area contributed by atoms with Gasteiger partial charge in [-0.3, -0.25) is 9.59 Å². The van der Waals surface area contributed by atoms with Gasteiger partial charge in [0.1, 0.15) is 0 Å². The molecule has 0 saturated carbocycles. The predicted molar refractivity (Wildman–Crippen MR) is 62.4 cm³/mol. The molecule has 4 heteroatoms. The van der Waals surface area contributed by atoms with Gasteiger partial charge in [-0.05, 0) is 24.0 Å². The second-order valence-electron chi connectivity index (χ2n) is 4.22. The van der Waals surface area contributed by atoms with Gasteiger partial charge in [-0.15, -0.1) is 0 Å². The Morgan fingerprint density at radius 2 is 1.88 bits per heavy atom. The lowest BCUT2D eigenvalue weighted by Crippen LogP contribution is -2.35. The highest BCUT2D eigenvalue weighted by molar-refractivity contribution is 5.85. The Labute approximate surface area is 100.0 Å². The molecule has 0 heterocycles.